The second-order valence-corrected chi connectivity index (χ2v) is 6.00. The lowest BCUT2D eigenvalue weighted by Gasteiger charge is -2.11. The first kappa shape index (κ1) is 17.1. The summed E-state index contributed by atoms with van der Waals surface area (Å²) in [5, 5.41) is 0.457. The summed E-state index contributed by atoms with van der Waals surface area (Å²) < 4.78 is 10.6. The van der Waals surface area contributed by atoms with Gasteiger partial charge in [-0.1, -0.05) is 23.7 Å². The van der Waals surface area contributed by atoms with E-state index in [0.29, 0.717) is 17.4 Å². The Kier molecular flexibility index (Phi) is 5.09. The number of hydrogen-bond donors (Lipinski definition) is 2. The zero-order valence-corrected chi connectivity index (χ0v) is 14.4. The van der Waals surface area contributed by atoms with Gasteiger partial charge in [0.2, 0.25) is 5.91 Å². The van der Waals surface area contributed by atoms with E-state index in [9.17, 15) is 9.59 Å². The minimum Gasteiger partial charge on any atom is -0.496 e. The maximum Gasteiger partial charge on any atom is 0.273 e. The van der Waals surface area contributed by atoms with Crippen molar-refractivity contribution in [2.24, 2.45) is 0 Å². The first-order valence-corrected chi connectivity index (χ1v) is 8.12. The minimum absolute atomic E-state index is 0.158. The molecule has 2 aromatic rings. The van der Waals surface area contributed by atoms with E-state index in [1.165, 1.54) is 19.2 Å². The van der Waals surface area contributed by atoms with Crippen molar-refractivity contribution < 1.29 is 19.1 Å². The summed E-state index contributed by atoms with van der Waals surface area (Å²) in [4.78, 5) is 24.2. The Bertz CT molecular complexity index is 823. The van der Waals surface area contributed by atoms with Crippen LogP contribution in [0.15, 0.2) is 36.4 Å². The SMILES string of the molecule is COc1cc(Cl)ccc1C(=O)NNC(=O)Cc1ccc2c(c1)CCO2. The average Bonchev–Trinajstić information content (AvgIpc) is 3.07. The summed E-state index contributed by atoms with van der Waals surface area (Å²) in [6.07, 6.45) is 1.00. The van der Waals surface area contributed by atoms with Crippen LogP contribution in [0, 0.1) is 0 Å². The van der Waals surface area contributed by atoms with E-state index in [2.05, 4.69) is 10.9 Å². The summed E-state index contributed by atoms with van der Waals surface area (Å²) in [5.74, 6) is 0.398. The highest BCUT2D eigenvalue weighted by Gasteiger charge is 2.15. The number of hydrazine groups is 1. The molecule has 2 amide bonds. The van der Waals surface area contributed by atoms with Crippen molar-refractivity contribution in [3.63, 3.8) is 0 Å². The monoisotopic (exact) mass is 360 g/mol. The Hall–Kier alpha value is -2.73. The van der Waals surface area contributed by atoms with Crippen molar-refractivity contribution in [2.45, 2.75) is 12.8 Å². The van der Waals surface area contributed by atoms with Gasteiger partial charge in [0.25, 0.3) is 5.91 Å². The number of benzene rings is 2. The molecule has 2 N–H and O–H groups in total. The number of fused-ring (bicyclic) bond motifs is 1. The van der Waals surface area contributed by atoms with E-state index in [0.717, 1.165) is 23.3 Å². The van der Waals surface area contributed by atoms with E-state index in [1.807, 2.05) is 18.2 Å². The molecule has 7 heteroatoms. The van der Waals surface area contributed by atoms with Crippen molar-refractivity contribution in [3.8, 4) is 11.5 Å². The molecule has 3 rings (SSSR count). The lowest BCUT2D eigenvalue weighted by molar-refractivity contribution is -0.121. The molecule has 0 aliphatic carbocycles. The van der Waals surface area contributed by atoms with Gasteiger partial charge in [-0.15, -0.1) is 0 Å². The van der Waals surface area contributed by atoms with Crippen molar-refractivity contribution in [1.82, 2.24) is 10.9 Å². The standard InChI is InChI=1S/C18H17ClN2O4/c1-24-16-10-13(19)3-4-14(16)18(23)21-20-17(22)9-11-2-5-15-12(8-11)6-7-25-15/h2-5,8,10H,6-7,9H2,1H3,(H,20,22)(H,21,23). The first-order chi connectivity index (χ1) is 12.1. The highest BCUT2D eigenvalue weighted by Crippen LogP contribution is 2.26. The van der Waals surface area contributed by atoms with Crippen molar-refractivity contribution in [2.75, 3.05) is 13.7 Å². The molecule has 0 fully saturated rings. The molecule has 6 nitrogen and oxygen atoms in total. The van der Waals surface area contributed by atoms with E-state index in [1.54, 1.807) is 6.07 Å². The quantitative estimate of drug-likeness (QED) is 0.820. The van der Waals surface area contributed by atoms with Crippen LogP contribution in [0.3, 0.4) is 0 Å². The molecule has 25 heavy (non-hydrogen) atoms. The van der Waals surface area contributed by atoms with E-state index >= 15 is 0 Å². The van der Waals surface area contributed by atoms with E-state index < -0.39 is 5.91 Å². The fourth-order valence-corrected chi connectivity index (χ4v) is 2.79. The molecule has 0 saturated heterocycles. The Morgan fingerprint density at radius 3 is 2.84 bits per heavy atom. The van der Waals surface area contributed by atoms with Crippen molar-refractivity contribution in [3.05, 3.63) is 58.1 Å². The molecule has 2 aromatic carbocycles. The lowest BCUT2D eigenvalue weighted by atomic mass is 10.1. The Labute approximate surface area is 150 Å². The molecule has 0 aromatic heterocycles. The summed E-state index contributed by atoms with van der Waals surface area (Å²) in [7, 11) is 1.44. The van der Waals surface area contributed by atoms with Gasteiger partial charge in [0.1, 0.15) is 11.5 Å². The molecule has 1 aliphatic heterocycles. The van der Waals surface area contributed by atoms with Crippen LogP contribution in [0.25, 0.3) is 0 Å². The smallest absolute Gasteiger partial charge is 0.273 e. The molecule has 0 spiro atoms. The van der Waals surface area contributed by atoms with Crippen LogP contribution in [0.5, 0.6) is 11.5 Å². The fourth-order valence-electron chi connectivity index (χ4n) is 2.63. The Morgan fingerprint density at radius 2 is 2.04 bits per heavy atom. The second-order valence-electron chi connectivity index (χ2n) is 5.56. The Balaban J connectivity index is 1.58. The number of ether oxygens (including phenoxy) is 2. The molecule has 130 valence electrons. The van der Waals surface area contributed by atoms with E-state index in [4.69, 9.17) is 21.1 Å². The van der Waals surface area contributed by atoms with Crippen LogP contribution >= 0.6 is 11.6 Å². The number of rotatable bonds is 4. The molecule has 1 aliphatic rings. The van der Waals surface area contributed by atoms with Gasteiger partial charge in [-0.3, -0.25) is 20.4 Å². The van der Waals surface area contributed by atoms with Crippen LogP contribution in [-0.2, 0) is 17.6 Å². The third kappa shape index (κ3) is 4.03. The average molecular weight is 361 g/mol. The first-order valence-electron chi connectivity index (χ1n) is 7.74. The molecular weight excluding hydrogens is 344 g/mol. The molecule has 0 bridgehead atoms. The number of amides is 2. The second kappa shape index (κ2) is 7.44. The normalized spacial score (nSPS) is 12.1. The van der Waals surface area contributed by atoms with Crippen LogP contribution < -0.4 is 20.3 Å². The van der Waals surface area contributed by atoms with Gasteiger partial charge in [-0.25, -0.2) is 0 Å². The highest BCUT2D eigenvalue weighted by atomic mass is 35.5. The number of hydrogen-bond acceptors (Lipinski definition) is 4. The van der Waals surface area contributed by atoms with Gasteiger partial charge in [0, 0.05) is 11.4 Å². The summed E-state index contributed by atoms with van der Waals surface area (Å²) >= 11 is 5.87. The maximum atomic E-state index is 12.2. The summed E-state index contributed by atoms with van der Waals surface area (Å²) in [6, 6.07) is 10.3. The minimum atomic E-state index is -0.482. The van der Waals surface area contributed by atoms with Gasteiger partial charge < -0.3 is 9.47 Å². The molecule has 0 saturated carbocycles. The van der Waals surface area contributed by atoms with E-state index in [-0.39, 0.29) is 17.9 Å². The summed E-state index contributed by atoms with van der Waals surface area (Å²) in [5.41, 5.74) is 7.02. The van der Waals surface area contributed by atoms with Gasteiger partial charge in [0.15, 0.2) is 0 Å². The number of methoxy groups -OCH3 is 1. The van der Waals surface area contributed by atoms with Crippen LogP contribution in [0.1, 0.15) is 21.5 Å². The van der Waals surface area contributed by atoms with Gasteiger partial charge in [-0.05, 0) is 35.4 Å². The summed E-state index contributed by atoms with van der Waals surface area (Å²) in [6.45, 7) is 0.671. The molecule has 0 radical (unpaired) electrons. The Morgan fingerprint density at radius 1 is 1.20 bits per heavy atom. The molecular formula is C18H17ClN2O4. The fraction of sp³-hybridized carbons (Fsp3) is 0.222. The predicted octanol–water partition coefficient (Wildman–Crippen LogP) is 2.29. The lowest BCUT2D eigenvalue weighted by Crippen LogP contribution is -2.42. The van der Waals surface area contributed by atoms with Crippen LogP contribution in [-0.4, -0.2) is 25.5 Å². The van der Waals surface area contributed by atoms with Crippen molar-refractivity contribution >= 4 is 23.4 Å². The number of carbonyl (C=O) groups excluding carboxylic acids is 2. The maximum absolute atomic E-state index is 12.2. The zero-order valence-electron chi connectivity index (χ0n) is 13.6. The van der Waals surface area contributed by atoms with Gasteiger partial charge in [-0.2, -0.15) is 0 Å². The van der Waals surface area contributed by atoms with Crippen LogP contribution in [0.4, 0.5) is 0 Å². The highest BCUT2D eigenvalue weighted by molar-refractivity contribution is 6.30. The predicted molar refractivity (Wildman–Crippen MR) is 93.0 cm³/mol. The molecule has 0 atom stereocenters. The zero-order chi connectivity index (χ0) is 17.8. The van der Waals surface area contributed by atoms with Gasteiger partial charge >= 0.3 is 0 Å². The third-order valence-electron chi connectivity index (χ3n) is 3.84. The number of carbonyl (C=O) groups is 2. The number of nitrogens with one attached hydrogen (secondary N) is 2. The van der Waals surface area contributed by atoms with Crippen molar-refractivity contribution in [1.29, 1.82) is 0 Å². The van der Waals surface area contributed by atoms with Crippen LogP contribution in [0.2, 0.25) is 5.02 Å². The largest absolute Gasteiger partial charge is 0.496 e. The number of halogens is 1. The van der Waals surface area contributed by atoms with Gasteiger partial charge in [0.05, 0.1) is 25.7 Å². The topological polar surface area (TPSA) is 76.7 Å². The molecule has 0 unspecified atom stereocenters. The molecule has 1 heterocycles. The third-order valence-corrected chi connectivity index (χ3v) is 4.08.